The highest BCUT2D eigenvalue weighted by atomic mass is 32.1. The molecule has 0 nitrogen and oxygen atoms in total. The molecule has 0 bridgehead atoms. The Hall–Kier alpha value is -2.35. The van der Waals surface area contributed by atoms with Gasteiger partial charge in [-0.15, -0.1) is 12.3 Å². The smallest absolute Gasteiger partial charge is 0.0404 e. The lowest BCUT2D eigenvalue weighted by atomic mass is 9.85. The summed E-state index contributed by atoms with van der Waals surface area (Å²) in [6.45, 7) is 12.9. The molecular weight excluding hydrogens is 416 g/mol. The second-order valence-electron chi connectivity index (χ2n) is 7.71. The van der Waals surface area contributed by atoms with Gasteiger partial charge in [-0.25, -0.2) is 0 Å². The van der Waals surface area contributed by atoms with Crippen molar-refractivity contribution in [3.63, 3.8) is 0 Å². The first-order chi connectivity index (χ1) is 16.1. The van der Waals surface area contributed by atoms with E-state index in [1.54, 1.807) is 6.92 Å². The van der Waals surface area contributed by atoms with Crippen molar-refractivity contribution in [2.45, 2.75) is 86.0 Å². The molecule has 1 aliphatic rings. The second-order valence-corrected chi connectivity index (χ2v) is 8.23. The first-order valence-electron chi connectivity index (χ1n) is 12.4. The van der Waals surface area contributed by atoms with Gasteiger partial charge in [0.2, 0.25) is 0 Å². The second kappa shape index (κ2) is 20.3. The molecular formula is C32H43S. The molecule has 1 radical (unpaired) electrons. The van der Waals surface area contributed by atoms with Gasteiger partial charge >= 0.3 is 0 Å². The number of terminal acetylenes is 1. The first kappa shape index (κ1) is 30.7. The maximum Gasteiger partial charge on any atom is 0.0404 e. The van der Waals surface area contributed by atoms with Gasteiger partial charge in [-0.2, -0.15) is 0 Å². The molecule has 0 unspecified atom stereocenters. The third-order valence-electron chi connectivity index (χ3n) is 5.39. The van der Waals surface area contributed by atoms with Crippen LogP contribution in [-0.4, -0.2) is 4.86 Å². The van der Waals surface area contributed by atoms with Crippen molar-refractivity contribution in [2.75, 3.05) is 0 Å². The molecule has 0 saturated heterocycles. The molecule has 0 N–H and O–H groups in total. The van der Waals surface area contributed by atoms with E-state index in [1.807, 2.05) is 45.0 Å². The van der Waals surface area contributed by atoms with E-state index in [1.165, 1.54) is 48.1 Å². The van der Waals surface area contributed by atoms with Crippen LogP contribution in [0.3, 0.4) is 0 Å². The van der Waals surface area contributed by atoms with Crippen LogP contribution >= 0.6 is 12.2 Å². The van der Waals surface area contributed by atoms with Crippen LogP contribution in [-0.2, 0) is 6.42 Å². The lowest BCUT2D eigenvalue weighted by Gasteiger charge is -2.22. The molecule has 1 aliphatic carbocycles. The number of aryl methyl sites for hydroxylation is 2. The summed E-state index contributed by atoms with van der Waals surface area (Å²) in [5.74, 6) is 9.44. The van der Waals surface area contributed by atoms with E-state index in [2.05, 4.69) is 55.9 Å². The molecule has 1 saturated carbocycles. The maximum atomic E-state index is 5.65. The Morgan fingerprint density at radius 2 is 1.64 bits per heavy atom. The minimum atomic E-state index is 0.703. The van der Waals surface area contributed by atoms with Gasteiger partial charge in [-0.05, 0) is 74.4 Å². The molecule has 1 heteroatoms. The van der Waals surface area contributed by atoms with Gasteiger partial charge in [-0.1, -0.05) is 113 Å². The zero-order valence-electron chi connectivity index (χ0n) is 21.5. The van der Waals surface area contributed by atoms with Gasteiger partial charge in [-0.3, -0.25) is 0 Å². The number of rotatable bonds is 5. The van der Waals surface area contributed by atoms with Crippen molar-refractivity contribution >= 4 is 17.1 Å². The minimum absolute atomic E-state index is 0.703. The Bertz CT molecular complexity index is 868. The summed E-state index contributed by atoms with van der Waals surface area (Å²) in [4.78, 5) is 1.30. The van der Waals surface area contributed by atoms with E-state index in [0.717, 1.165) is 30.4 Å². The monoisotopic (exact) mass is 459 g/mol. The fourth-order valence-corrected chi connectivity index (χ4v) is 4.12. The van der Waals surface area contributed by atoms with Gasteiger partial charge in [0.05, 0.1) is 0 Å². The molecule has 0 aromatic heterocycles. The Labute approximate surface area is 210 Å². The molecule has 0 heterocycles. The predicted molar refractivity (Wildman–Crippen MR) is 153 cm³/mol. The highest BCUT2D eigenvalue weighted by Gasteiger charge is 2.17. The van der Waals surface area contributed by atoms with E-state index in [9.17, 15) is 0 Å². The summed E-state index contributed by atoms with van der Waals surface area (Å²) in [5.41, 5.74) is 4.49. The van der Waals surface area contributed by atoms with Crippen molar-refractivity contribution in [3.8, 4) is 24.2 Å². The molecule has 2 aromatic rings. The third kappa shape index (κ3) is 13.1. The molecule has 0 atom stereocenters. The van der Waals surface area contributed by atoms with Crippen LogP contribution in [0.2, 0.25) is 0 Å². The Morgan fingerprint density at radius 3 is 2.15 bits per heavy atom. The van der Waals surface area contributed by atoms with Crippen LogP contribution in [0.5, 0.6) is 0 Å². The lowest BCUT2D eigenvalue weighted by molar-refractivity contribution is 0.438. The molecule has 177 valence electrons. The SMILES string of the molecule is C#Cc1ccc(CCCC(=S)C2CCCCC2)cc1C#CC.CC.Cc1ccccc1.[CH2]C. The zero-order chi connectivity index (χ0) is 24.9. The van der Waals surface area contributed by atoms with Gasteiger partial charge in [0.25, 0.3) is 0 Å². The number of benzene rings is 2. The van der Waals surface area contributed by atoms with Crippen molar-refractivity contribution in [2.24, 2.45) is 5.92 Å². The highest BCUT2D eigenvalue weighted by Crippen LogP contribution is 2.27. The third-order valence-corrected chi connectivity index (χ3v) is 5.93. The van der Waals surface area contributed by atoms with Gasteiger partial charge in [0.1, 0.15) is 0 Å². The van der Waals surface area contributed by atoms with Crippen LogP contribution in [0.25, 0.3) is 0 Å². The van der Waals surface area contributed by atoms with Gasteiger partial charge in [0.15, 0.2) is 0 Å². The summed E-state index contributed by atoms with van der Waals surface area (Å²) in [6.07, 6.45) is 15.5. The average molecular weight is 460 g/mol. The van der Waals surface area contributed by atoms with Crippen LogP contribution in [0, 0.1) is 44.0 Å². The van der Waals surface area contributed by atoms with E-state index >= 15 is 0 Å². The van der Waals surface area contributed by atoms with Crippen molar-refractivity contribution in [1.29, 1.82) is 0 Å². The van der Waals surface area contributed by atoms with Gasteiger partial charge in [0, 0.05) is 11.1 Å². The lowest BCUT2D eigenvalue weighted by Crippen LogP contribution is -2.15. The standard InChI is InChI=1S/C21H24S.C7H8.C2H6.C2H5/c1-3-9-20-16-17(14-15-18(20)4-2)10-8-13-21(22)19-11-6-5-7-12-19;1-7-5-3-2-4-6-7;2*1-2/h2,14-16,19H,5-8,10-13H2,1H3;2-6H,1H3;1-2H3;1H2,2H3. The van der Waals surface area contributed by atoms with Crippen LogP contribution < -0.4 is 0 Å². The largest absolute Gasteiger partial charge is 0.115 e. The first-order valence-corrected chi connectivity index (χ1v) is 12.8. The van der Waals surface area contributed by atoms with Crippen LogP contribution in [0.1, 0.15) is 94.9 Å². The zero-order valence-corrected chi connectivity index (χ0v) is 22.4. The average Bonchev–Trinajstić information content (AvgIpc) is 2.88. The predicted octanol–water partition coefficient (Wildman–Crippen LogP) is 9.17. The summed E-state index contributed by atoms with van der Waals surface area (Å²) in [6, 6.07) is 16.5. The van der Waals surface area contributed by atoms with E-state index in [4.69, 9.17) is 18.6 Å². The Balaban J connectivity index is 0.000000776. The number of hydrogen-bond acceptors (Lipinski definition) is 1. The highest BCUT2D eigenvalue weighted by molar-refractivity contribution is 7.80. The van der Waals surface area contributed by atoms with Crippen molar-refractivity contribution < 1.29 is 0 Å². The van der Waals surface area contributed by atoms with E-state index in [-0.39, 0.29) is 0 Å². The molecule has 3 rings (SSSR count). The molecule has 0 amide bonds. The Morgan fingerprint density at radius 1 is 1.00 bits per heavy atom. The number of thiocarbonyl (C=S) groups is 1. The molecule has 2 aromatic carbocycles. The summed E-state index contributed by atoms with van der Waals surface area (Å²) in [7, 11) is 0. The van der Waals surface area contributed by atoms with Crippen molar-refractivity contribution in [1.82, 2.24) is 0 Å². The molecule has 1 fully saturated rings. The summed E-state index contributed by atoms with van der Waals surface area (Å²) >= 11 is 5.65. The number of hydrogen-bond donors (Lipinski definition) is 0. The molecule has 0 aliphatic heterocycles. The molecule has 33 heavy (non-hydrogen) atoms. The normalized spacial score (nSPS) is 12.0. The van der Waals surface area contributed by atoms with Crippen LogP contribution in [0.15, 0.2) is 48.5 Å². The van der Waals surface area contributed by atoms with Crippen molar-refractivity contribution in [3.05, 3.63) is 77.7 Å². The molecule has 0 spiro atoms. The fraction of sp³-hybridized carbons (Fsp3) is 0.438. The van der Waals surface area contributed by atoms with E-state index in [0.29, 0.717) is 5.92 Å². The fourth-order valence-electron chi connectivity index (χ4n) is 3.74. The topological polar surface area (TPSA) is 0 Å². The van der Waals surface area contributed by atoms with E-state index < -0.39 is 0 Å². The summed E-state index contributed by atoms with van der Waals surface area (Å²) in [5, 5.41) is 0. The Kier molecular flexibility index (Phi) is 18.8. The summed E-state index contributed by atoms with van der Waals surface area (Å²) < 4.78 is 0. The van der Waals surface area contributed by atoms with Gasteiger partial charge < -0.3 is 0 Å². The minimum Gasteiger partial charge on any atom is -0.115 e. The quantitative estimate of drug-likeness (QED) is 0.317. The van der Waals surface area contributed by atoms with Crippen LogP contribution in [0.4, 0.5) is 0 Å². The maximum absolute atomic E-state index is 5.65.